The molecule has 192 valence electrons. The monoisotopic (exact) mass is 541 g/mol. The Morgan fingerprint density at radius 2 is 1.17 bits per heavy atom. The summed E-state index contributed by atoms with van der Waals surface area (Å²) < 4.78 is 5.08. The molecule has 9 aromatic rings. The Morgan fingerprint density at radius 1 is 0.537 bits per heavy atom. The predicted molar refractivity (Wildman–Crippen MR) is 174 cm³/mol. The van der Waals surface area contributed by atoms with Gasteiger partial charge in [0.2, 0.25) is 0 Å². The lowest BCUT2D eigenvalue weighted by Gasteiger charge is -2.12. The first kappa shape index (κ1) is 22.7. The SMILES string of the molecule is c1ccc(-c2nc(Cn3c4ccccc4c4c5ccccc5c5c6ccccc6sc5c43)nc3ccccc23)cc1. The minimum atomic E-state index is 0.580. The van der Waals surface area contributed by atoms with E-state index in [9.17, 15) is 0 Å². The highest BCUT2D eigenvalue weighted by Gasteiger charge is 2.21. The number of para-hydroxylation sites is 2. The van der Waals surface area contributed by atoms with Crippen molar-refractivity contribution < 1.29 is 0 Å². The van der Waals surface area contributed by atoms with E-state index in [-0.39, 0.29) is 0 Å². The molecule has 0 spiro atoms. The molecule has 6 aromatic carbocycles. The molecule has 9 rings (SSSR count). The van der Waals surface area contributed by atoms with Crippen LogP contribution in [0, 0.1) is 0 Å². The molecule has 3 nitrogen and oxygen atoms in total. The molecular formula is C37H23N3S. The third-order valence-electron chi connectivity index (χ3n) is 8.24. The van der Waals surface area contributed by atoms with E-state index in [1.807, 2.05) is 17.4 Å². The molecule has 3 aromatic heterocycles. The molecule has 0 unspecified atom stereocenters. The second-order valence-electron chi connectivity index (χ2n) is 10.5. The summed E-state index contributed by atoms with van der Waals surface area (Å²) >= 11 is 1.89. The van der Waals surface area contributed by atoms with Gasteiger partial charge in [0.05, 0.1) is 28.0 Å². The largest absolute Gasteiger partial charge is 0.332 e. The molecule has 4 heteroatoms. The Balaban J connectivity index is 1.41. The van der Waals surface area contributed by atoms with Crippen molar-refractivity contribution in [1.29, 1.82) is 0 Å². The van der Waals surface area contributed by atoms with Crippen LogP contribution in [0.15, 0.2) is 127 Å². The molecule has 0 N–H and O–H groups in total. The fraction of sp³-hybridized carbons (Fsp3) is 0.0270. The van der Waals surface area contributed by atoms with Gasteiger partial charge in [0.15, 0.2) is 0 Å². The van der Waals surface area contributed by atoms with E-state index in [1.54, 1.807) is 0 Å². The van der Waals surface area contributed by atoms with Crippen LogP contribution >= 0.6 is 11.3 Å². The molecular weight excluding hydrogens is 518 g/mol. The first-order valence-electron chi connectivity index (χ1n) is 13.9. The van der Waals surface area contributed by atoms with Gasteiger partial charge in [-0.2, -0.15) is 0 Å². The Bertz CT molecular complexity index is 2450. The molecule has 0 bridgehead atoms. The molecule has 0 aliphatic rings. The zero-order valence-corrected chi connectivity index (χ0v) is 22.9. The van der Waals surface area contributed by atoms with E-state index in [2.05, 4.69) is 126 Å². The zero-order valence-electron chi connectivity index (χ0n) is 22.1. The Labute approximate surface area is 239 Å². The summed E-state index contributed by atoms with van der Waals surface area (Å²) in [6, 6.07) is 45.2. The van der Waals surface area contributed by atoms with Gasteiger partial charge >= 0.3 is 0 Å². The minimum absolute atomic E-state index is 0.580. The number of hydrogen-bond donors (Lipinski definition) is 0. The highest BCUT2D eigenvalue weighted by atomic mass is 32.1. The maximum Gasteiger partial charge on any atom is 0.149 e. The van der Waals surface area contributed by atoms with Gasteiger partial charge in [-0.05, 0) is 29.0 Å². The number of aromatic nitrogens is 3. The van der Waals surface area contributed by atoms with Gasteiger partial charge in [-0.25, -0.2) is 9.97 Å². The normalized spacial score (nSPS) is 12.0. The molecule has 0 aliphatic carbocycles. The van der Waals surface area contributed by atoms with Gasteiger partial charge in [0.1, 0.15) is 5.82 Å². The maximum atomic E-state index is 5.22. The topological polar surface area (TPSA) is 30.7 Å². The van der Waals surface area contributed by atoms with Crippen LogP contribution in [-0.4, -0.2) is 14.5 Å². The molecule has 0 aliphatic heterocycles. The summed E-state index contributed by atoms with van der Waals surface area (Å²) in [5.74, 6) is 0.813. The zero-order chi connectivity index (χ0) is 26.9. The number of hydrogen-bond acceptors (Lipinski definition) is 3. The number of rotatable bonds is 3. The summed E-state index contributed by atoms with van der Waals surface area (Å²) in [4.78, 5) is 10.3. The van der Waals surface area contributed by atoms with Crippen LogP contribution < -0.4 is 0 Å². The summed E-state index contributed by atoms with van der Waals surface area (Å²) in [6.07, 6.45) is 0. The van der Waals surface area contributed by atoms with Crippen molar-refractivity contribution in [1.82, 2.24) is 14.5 Å². The van der Waals surface area contributed by atoms with E-state index in [0.29, 0.717) is 6.54 Å². The fourth-order valence-electron chi connectivity index (χ4n) is 6.53. The van der Waals surface area contributed by atoms with Crippen LogP contribution in [0.25, 0.3) is 74.9 Å². The number of thiophene rings is 1. The van der Waals surface area contributed by atoms with Gasteiger partial charge in [0, 0.05) is 42.7 Å². The van der Waals surface area contributed by atoms with Crippen molar-refractivity contribution in [2.24, 2.45) is 0 Å². The van der Waals surface area contributed by atoms with Crippen molar-refractivity contribution >= 4 is 75.0 Å². The second kappa shape index (κ2) is 8.72. The quantitative estimate of drug-likeness (QED) is 0.223. The third-order valence-corrected chi connectivity index (χ3v) is 9.42. The first-order valence-corrected chi connectivity index (χ1v) is 14.7. The molecule has 0 amide bonds. The smallest absolute Gasteiger partial charge is 0.149 e. The Morgan fingerprint density at radius 3 is 2.00 bits per heavy atom. The summed E-state index contributed by atoms with van der Waals surface area (Å²) in [6.45, 7) is 0.580. The first-order chi connectivity index (χ1) is 20.3. The standard InChI is InChI=1S/C37H23N3S/c1-2-12-23(13-3-1)35-26-16-6-9-19-29(26)38-32(39-35)22-40-30-20-10-7-17-27(30)33-24-14-4-5-15-25(24)34-28-18-8-11-21-31(28)41-37(34)36(33)40/h1-21H,22H2. The highest BCUT2D eigenvalue weighted by Crippen LogP contribution is 2.47. The van der Waals surface area contributed by atoms with Crippen molar-refractivity contribution in [2.45, 2.75) is 6.54 Å². The molecule has 3 heterocycles. The van der Waals surface area contributed by atoms with Crippen molar-refractivity contribution in [3.63, 3.8) is 0 Å². The lowest BCUT2D eigenvalue weighted by Crippen LogP contribution is -2.06. The number of nitrogens with zero attached hydrogens (tertiary/aromatic N) is 3. The van der Waals surface area contributed by atoms with Gasteiger partial charge in [0.25, 0.3) is 0 Å². The summed E-state index contributed by atoms with van der Waals surface area (Å²) in [5, 5.41) is 8.89. The highest BCUT2D eigenvalue weighted by molar-refractivity contribution is 7.27. The summed E-state index contributed by atoms with van der Waals surface area (Å²) in [7, 11) is 0. The number of fused-ring (bicyclic) bond motifs is 11. The van der Waals surface area contributed by atoms with Crippen LogP contribution in [0.3, 0.4) is 0 Å². The van der Waals surface area contributed by atoms with Crippen LogP contribution in [-0.2, 0) is 6.54 Å². The van der Waals surface area contributed by atoms with Gasteiger partial charge < -0.3 is 4.57 Å². The van der Waals surface area contributed by atoms with Crippen LogP contribution in [0.4, 0.5) is 0 Å². The third kappa shape index (κ3) is 3.32. The Hall–Kier alpha value is -5.06. The van der Waals surface area contributed by atoms with Crippen molar-refractivity contribution in [3.8, 4) is 11.3 Å². The molecule has 0 fully saturated rings. The van der Waals surface area contributed by atoms with E-state index in [0.717, 1.165) is 28.0 Å². The van der Waals surface area contributed by atoms with E-state index < -0.39 is 0 Å². The fourth-order valence-corrected chi connectivity index (χ4v) is 7.81. The van der Waals surface area contributed by atoms with Crippen LogP contribution in [0.5, 0.6) is 0 Å². The van der Waals surface area contributed by atoms with Crippen molar-refractivity contribution in [2.75, 3.05) is 0 Å². The lowest BCUT2D eigenvalue weighted by molar-refractivity contribution is 0.805. The average molecular weight is 542 g/mol. The molecule has 41 heavy (non-hydrogen) atoms. The lowest BCUT2D eigenvalue weighted by atomic mass is 9.99. The minimum Gasteiger partial charge on any atom is -0.332 e. The number of benzene rings is 6. The molecule has 0 radical (unpaired) electrons. The van der Waals surface area contributed by atoms with Crippen LogP contribution in [0.2, 0.25) is 0 Å². The van der Waals surface area contributed by atoms with E-state index in [4.69, 9.17) is 9.97 Å². The van der Waals surface area contributed by atoms with Gasteiger partial charge in [-0.3, -0.25) is 0 Å². The van der Waals surface area contributed by atoms with Crippen molar-refractivity contribution in [3.05, 3.63) is 133 Å². The average Bonchev–Trinajstić information content (AvgIpc) is 3.58. The maximum absolute atomic E-state index is 5.22. The molecule has 0 saturated carbocycles. The Kier molecular flexibility index (Phi) is 4.83. The molecule has 0 saturated heterocycles. The van der Waals surface area contributed by atoms with Gasteiger partial charge in [-0.1, -0.05) is 109 Å². The molecule has 0 atom stereocenters. The van der Waals surface area contributed by atoms with Gasteiger partial charge in [-0.15, -0.1) is 11.3 Å². The van der Waals surface area contributed by atoms with Crippen LogP contribution in [0.1, 0.15) is 5.82 Å². The summed E-state index contributed by atoms with van der Waals surface area (Å²) in [5.41, 5.74) is 5.52. The second-order valence-corrected chi connectivity index (χ2v) is 11.6. The van der Waals surface area contributed by atoms with E-state index >= 15 is 0 Å². The van der Waals surface area contributed by atoms with E-state index in [1.165, 1.54) is 52.8 Å². The predicted octanol–water partition coefficient (Wildman–Crippen LogP) is 9.97.